The van der Waals surface area contributed by atoms with Crippen LogP contribution in [-0.4, -0.2) is 33.8 Å². The number of nitro benzene ring substituents is 1. The fourth-order valence-corrected chi connectivity index (χ4v) is 2.78. The molecule has 0 aliphatic rings. The number of nitro groups is 1. The summed E-state index contributed by atoms with van der Waals surface area (Å²) in [7, 11) is 1.59. The van der Waals surface area contributed by atoms with E-state index >= 15 is 0 Å². The lowest BCUT2D eigenvalue weighted by Gasteiger charge is -2.12. The van der Waals surface area contributed by atoms with Gasteiger partial charge in [0.1, 0.15) is 11.4 Å². The van der Waals surface area contributed by atoms with Gasteiger partial charge in [-0.1, -0.05) is 13.0 Å². The van der Waals surface area contributed by atoms with Gasteiger partial charge in [0.2, 0.25) is 0 Å². The zero-order valence-electron chi connectivity index (χ0n) is 16.5. The van der Waals surface area contributed by atoms with Crippen molar-refractivity contribution in [2.75, 3.05) is 7.11 Å². The number of benzene rings is 2. The Morgan fingerprint density at radius 1 is 1.24 bits per heavy atom. The second kappa shape index (κ2) is 8.55. The summed E-state index contributed by atoms with van der Waals surface area (Å²) in [5.74, 6) is 0.416. The number of aromatic nitrogens is 2. The summed E-state index contributed by atoms with van der Waals surface area (Å²) in [5.41, 5.74) is 2.04. The molecule has 8 heteroatoms. The average molecular weight is 394 g/mol. The fraction of sp³-hybridized carbons (Fsp3) is 0.238. The Balaban J connectivity index is 2.09. The summed E-state index contributed by atoms with van der Waals surface area (Å²) >= 11 is 0. The molecule has 1 aromatic heterocycles. The summed E-state index contributed by atoms with van der Waals surface area (Å²) in [6.45, 7) is 3.89. The quantitative estimate of drug-likeness (QED) is 0.483. The Morgan fingerprint density at radius 3 is 2.59 bits per heavy atom. The zero-order chi connectivity index (χ0) is 21.0. The summed E-state index contributed by atoms with van der Waals surface area (Å²) in [5, 5.41) is 18.6. The number of hydrogen-bond acceptors (Lipinski definition) is 5. The Hall–Kier alpha value is -3.68. The molecule has 0 saturated heterocycles. The first-order valence-corrected chi connectivity index (χ1v) is 9.23. The van der Waals surface area contributed by atoms with Crippen LogP contribution in [-0.2, 0) is 0 Å². The highest BCUT2D eigenvalue weighted by atomic mass is 16.6. The highest BCUT2D eigenvalue weighted by Gasteiger charge is 2.20. The first kappa shape index (κ1) is 20.1. The van der Waals surface area contributed by atoms with Crippen molar-refractivity contribution in [2.45, 2.75) is 26.3 Å². The average Bonchev–Trinajstić information content (AvgIpc) is 3.19. The molecule has 0 aliphatic carbocycles. The van der Waals surface area contributed by atoms with Gasteiger partial charge in [0, 0.05) is 23.7 Å². The molecule has 1 amide bonds. The zero-order valence-corrected chi connectivity index (χ0v) is 16.5. The molecule has 1 heterocycles. The van der Waals surface area contributed by atoms with Crippen LogP contribution in [0.25, 0.3) is 16.9 Å². The van der Waals surface area contributed by atoms with Crippen LogP contribution in [0.2, 0.25) is 0 Å². The molecule has 0 saturated carbocycles. The van der Waals surface area contributed by atoms with Crippen molar-refractivity contribution in [1.29, 1.82) is 0 Å². The van der Waals surface area contributed by atoms with Gasteiger partial charge in [0.25, 0.3) is 11.6 Å². The maximum absolute atomic E-state index is 12.8. The summed E-state index contributed by atoms with van der Waals surface area (Å²) in [4.78, 5) is 23.5. The van der Waals surface area contributed by atoms with Crippen LogP contribution in [0.3, 0.4) is 0 Å². The monoisotopic (exact) mass is 394 g/mol. The van der Waals surface area contributed by atoms with Crippen LogP contribution in [0, 0.1) is 10.1 Å². The molecule has 8 nitrogen and oxygen atoms in total. The number of ether oxygens (including phenoxy) is 1. The first-order chi connectivity index (χ1) is 13.9. The minimum absolute atomic E-state index is 0.0135. The number of carbonyl (C=O) groups is 1. The van der Waals surface area contributed by atoms with Crippen molar-refractivity contribution in [1.82, 2.24) is 15.1 Å². The van der Waals surface area contributed by atoms with E-state index in [1.54, 1.807) is 37.4 Å². The molecule has 0 unspecified atom stereocenters. The molecule has 0 spiro atoms. The number of nitrogens with one attached hydrogen (secondary N) is 1. The largest absolute Gasteiger partial charge is 0.497 e. The van der Waals surface area contributed by atoms with E-state index in [0.717, 1.165) is 12.0 Å². The molecular weight excluding hydrogens is 372 g/mol. The van der Waals surface area contributed by atoms with Gasteiger partial charge in [0.15, 0.2) is 0 Å². The molecule has 29 heavy (non-hydrogen) atoms. The Bertz CT molecular complexity index is 1030. The highest BCUT2D eigenvalue weighted by molar-refractivity contribution is 5.94. The van der Waals surface area contributed by atoms with Gasteiger partial charge < -0.3 is 10.1 Å². The van der Waals surface area contributed by atoms with Crippen molar-refractivity contribution >= 4 is 11.6 Å². The van der Waals surface area contributed by atoms with E-state index in [1.807, 2.05) is 26.0 Å². The second-order valence-corrected chi connectivity index (χ2v) is 6.61. The normalized spacial score (nSPS) is 11.7. The number of methoxy groups -OCH3 is 1. The van der Waals surface area contributed by atoms with E-state index in [2.05, 4.69) is 10.4 Å². The van der Waals surface area contributed by atoms with Crippen LogP contribution in [0.4, 0.5) is 5.69 Å². The van der Waals surface area contributed by atoms with E-state index in [9.17, 15) is 14.9 Å². The topological polar surface area (TPSA) is 99.3 Å². The van der Waals surface area contributed by atoms with Crippen molar-refractivity contribution in [3.05, 3.63) is 70.4 Å². The predicted octanol–water partition coefficient (Wildman–Crippen LogP) is 3.98. The van der Waals surface area contributed by atoms with Crippen LogP contribution < -0.4 is 10.1 Å². The van der Waals surface area contributed by atoms with Crippen molar-refractivity contribution in [3.63, 3.8) is 0 Å². The van der Waals surface area contributed by atoms with E-state index in [1.165, 1.54) is 16.8 Å². The number of nitrogens with zero attached hydrogens (tertiary/aromatic N) is 3. The third kappa shape index (κ3) is 4.43. The van der Waals surface area contributed by atoms with Crippen molar-refractivity contribution < 1.29 is 14.5 Å². The van der Waals surface area contributed by atoms with Crippen LogP contribution >= 0.6 is 0 Å². The van der Waals surface area contributed by atoms with E-state index in [4.69, 9.17) is 4.74 Å². The van der Waals surface area contributed by atoms with Gasteiger partial charge in [-0.25, -0.2) is 4.68 Å². The molecule has 3 aromatic rings. The molecule has 0 radical (unpaired) electrons. The minimum atomic E-state index is -0.476. The van der Waals surface area contributed by atoms with Gasteiger partial charge in [-0.2, -0.15) is 5.10 Å². The lowest BCUT2D eigenvalue weighted by atomic mass is 10.1. The number of non-ortho nitro benzene ring substituents is 1. The Labute approximate surface area is 168 Å². The predicted molar refractivity (Wildman–Crippen MR) is 109 cm³/mol. The number of rotatable bonds is 7. The molecule has 2 aromatic carbocycles. The SMILES string of the molecule is CC[C@H](C)NC(=O)c1cc(-c2ccc(OC)cc2)nn1-c1cccc([N+](=O)[O-])c1. The Kier molecular flexibility index (Phi) is 5.92. The van der Waals surface area contributed by atoms with Gasteiger partial charge in [-0.3, -0.25) is 14.9 Å². The van der Waals surface area contributed by atoms with Crippen molar-refractivity contribution in [3.8, 4) is 22.7 Å². The van der Waals surface area contributed by atoms with Crippen LogP contribution in [0.15, 0.2) is 54.6 Å². The maximum atomic E-state index is 12.8. The molecule has 3 rings (SSSR count). The highest BCUT2D eigenvalue weighted by Crippen LogP contribution is 2.25. The van der Waals surface area contributed by atoms with Gasteiger partial charge in [-0.15, -0.1) is 0 Å². The molecule has 150 valence electrons. The Morgan fingerprint density at radius 2 is 1.97 bits per heavy atom. The van der Waals surface area contributed by atoms with Gasteiger partial charge in [-0.05, 0) is 49.7 Å². The number of hydrogen-bond donors (Lipinski definition) is 1. The maximum Gasteiger partial charge on any atom is 0.271 e. The van der Waals surface area contributed by atoms with Crippen LogP contribution in [0.1, 0.15) is 30.8 Å². The van der Waals surface area contributed by atoms with E-state index in [0.29, 0.717) is 22.8 Å². The fourth-order valence-electron chi connectivity index (χ4n) is 2.78. The summed E-state index contributed by atoms with van der Waals surface area (Å²) < 4.78 is 6.61. The molecule has 0 fully saturated rings. The van der Waals surface area contributed by atoms with E-state index in [-0.39, 0.29) is 17.6 Å². The summed E-state index contributed by atoms with van der Waals surface area (Å²) in [6, 6.07) is 15.0. The van der Waals surface area contributed by atoms with Crippen LogP contribution in [0.5, 0.6) is 5.75 Å². The molecule has 1 N–H and O–H groups in total. The smallest absolute Gasteiger partial charge is 0.271 e. The first-order valence-electron chi connectivity index (χ1n) is 9.23. The van der Waals surface area contributed by atoms with Gasteiger partial charge >= 0.3 is 0 Å². The molecular formula is C21H22N4O4. The molecule has 0 aliphatic heterocycles. The number of amides is 1. The van der Waals surface area contributed by atoms with Gasteiger partial charge in [0.05, 0.1) is 23.4 Å². The standard InChI is InChI=1S/C21H22N4O4/c1-4-14(2)22-21(26)20-13-19(15-8-10-18(29-3)11-9-15)23-24(20)16-6-5-7-17(12-16)25(27)28/h5-14H,4H2,1-3H3,(H,22,26)/t14-/m0/s1. The third-order valence-corrected chi connectivity index (χ3v) is 4.60. The number of carbonyl (C=O) groups excluding carboxylic acids is 1. The minimum Gasteiger partial charge on any atom is -0.497 e. The lowest BCUT2D eigenvalue weighted by Crippen LogP contribution is -2.33. The molecule has 1 atom stereocenters. The second-order valence-electron chi connectivity index (χ2n) is 6.61. The van der Waals surface area contributed by atoms with E-state index < -0.39 is 4.92 Å². The summed E-state index contributed by atoms with van der Waals surface area (Å²) in [6.07, 6.45) is 0.780. The molecule has 0 bridgehead atoms. The van der Waals surface area contributed by atoms with Crippen molar-refractivity contribution in [2.24, 2.45) is 0 Å². The lowest BCUT2D eigenvalue weighted by molar-refractivity contribution is -0.384. The third-order valence-electron chi connectivity index (χ3n) is 4.60.